The monoisotopic (exact) mass is 243 g/mol. The molecule has 0 bridgehead atoms. The number of hydrogen-bond donors (Lipinski definition) is 1. The normalized spacial score (nSPS) is 13.1. The minimum Gasteiger partial charge on any atom is -0.330 e. The maximum Gasteiger partial charge on any atom is 0.0702 e. The van der Waals surface area contributed by atoms with Crippen LogP contribution < -0.4 is 5.73 Å². The van der Waals surface area contributed by atoms with Crippen molar-refractivity contribution in [3.8, 4) is 0 Å². The summed E-state index contributed by atoms with van der Waals surface area (Å²) < 4.78 is 0. The van der Waals surface area contributed by atoms with Crippen LogP contribution in [0.4, 0.5) is 0 Å². The molecule has 2 rings (SSSR count). The summed E-state index contributed by atoms with van der Waals surface area (Å²) in [6, 6.07) is 11.1. The highest BCUT2D eigenvalue weighted by atomic mass is 15.1. The Morgan fingerprint density at radius 3 is 2.94 bits per heavy atom. The van der Waals surface area contributed by atoms with Crippen molar-refractivity contribution in [3.05, 3.63) is 42.1 Å². The summed E-state index contributed by atoms with van der Waals surface area (Å²) in [5.41, 5.74) is 7.98. The van der Waals surface area contributed by atoms with Crippen molar-refractivity contribution >= 4 is 10.9 Å². The molecule has 3 heteroatoms. The van der Waals surface area contributed by atoms with Crippen molar-refractivity contribution in [2.75, 3.05) is 13.6 Å². The summed E-state index contributed by atoms with van der Waals surface area (Å²) in [6.07, 6.45) is 2.86. The third kappa shape index (κ3) is 3.06. The van der Waals surface area contributed by atoms with Crippen molar-refractivity contribution in [1.82, 2.24) is 9.88 Å². The van der Waals surface area contributed by atoms with Gasteiger partial charge in [-0.15, -0.1) is 0 Å². The zero-order chi connectivity index (χ0) is 13.0. The van der Waals surface area contributed by atoms with Crippen LogP contribution in [0.25, 0.3) is 10.9 Å². The van der Waals surface area contributed by atoms with Crippen LogP contribution in [0.3, 0.4) is 0 Å². The lowest BCUT2D eigenvalue weighted by Gasteiger charge is -2.24. The molecular formula is C15H21N3. The molecule has 0 aliphatic heterocycles. The zero-order valence-electron chi connectivity index (χ0n) is 11.1. The molecule has 0 spiro atoms. The summed E-state index contributed by atoms with van der Waals surface area (Å²) in [6.45, 7) is 3.91. The molecule has 0 amide bonds. The van der Waals surface area contributed by atoms with Crippen LogP contribution in [0, 0.1) is 0 Å². The van der Waals surface area contributed by atoms with Crippen molar-refractivity contribution in [1.29, 1.82) is 0 Å². The Morgan fingerprint density at radius 1 is 1.33 bits per heavy atom. The Kier molecular flexibility index (Phi) is 4.28. The first-order chi connectivity index (χ1) is 8.70. The lowest BCUT2D eigenvalue weighted by atomic mass is 10.1. The van der Waals surface area contributed by atoms with Gasteiger partial charge in [0, 0.05) is 24.2 Å². The molecule has 0 radical (unpaired) electrons. The molecule has 3 nitrogen and oxygen atoms in total. The molecule has 1 heterocycles. The zero-order valence-corrected chi connectivity index (χ0v) is 11.1. The van der Waals surface area contributed by atoms with E-state index in [0.717, 1.165) is 25.0 Å². The van der Waals surface area contributed by atoms with Crippen LogP contribution in [0.5, 0.6) is 0 Å². The number of nitrogens with two attached hydrogens (primary N) is 1. The second-order valence-electron chi connectivity index (χ2n) is 4.87. The highest BCUT2D eigenvalue weighted by Gasteiger charge is 2.08. The van der Waals surface area contributed by atoms with E-state index in [9.17, 15) is 0 Å². The van der Waals surface area contributed by atoms with Gasteiger partial charge >= 0.3 is 0 Å². The Hall–Kier alpha value is -1.45. The van der Waals surface area contributed by atoms with Crippen LogP contribution in [-0.2, 0) is 6.54 Å². The molecule has 1 aromatic heterocycles. The van der Waals surface area contributed by atoms with Gasteiger partial charge in [-0.1, -0.05) is 12.1 Å². The minimum absolute atomic E-state index is 0.514. The second-order valence-corrected chi connectivity index (χ2v) is 4.87. The first-order valence-electron chi connectivity index (χ1n) is 6.44. The molecule has 2 N–H and O–H groups in total. The number of rotatable bonds is 5. The molecule has 96 valence electrons. The van der Waals surface area contributed by atoms with E-state index >= 15 is 0 Å². The van der Waals surface area contributed by atoms with Gasteiger partial charge in [-0.2, -0.15) is 0 Å². The molecule has 1 atom stereocenters. The van der Waals surface area contributed by atoms with Crippen molar-refractivity contribution < 1.29 is 0 Å². The van der Waals surface area contributed by atoms with E-state index < -0.39 is 0 Å². The largest absolute Gasteiger partial charge is 0.330 e. The summed E-state index contributed by atoms with van der Waals surface area (Å²) in [5, 5.41) is 1.20. The van der Waals surface area contributed by atoms with Gasteiger partial charge < -0.3 is 5.73 Å². The average Bonchev–Trinajstić information content (AvgIpc) is 2.39. The predicted octanol–water partition coefficient (Wildman–Crippen LogP) is 2.40. The predicted molar refractivity (Wildman–Crippen MR) is 76.3 cm³/mol. The fraction of sp³-hybridized carbons (Fsp3) is 0.400. The number of nitrogens with zero attached hydrogens (tertiary/aromatic N) is 2. The fourth-order valence-electron chi connectivity index (χ4n) is 2.13. The molecule has 1 aromatic carbocycles. The third-order valence-corrected chi connectivity index (χ3v) is 3.44. The molecule has 18 heavy (non-hydrogen) atoms. The Labute approximate surface area is 109 Å². The van der Waals surface area contributed by atoms with Gasteiger partial charge in [0.25, 0.3) is 0 Å². The van der Waals surface area contributed by atoms with Crippen LogP contribution >= 0.6 is 0 Å². The maximum absolute atomic E-state index is 5.60. The van der Waals surface area contributed by atoms with Crippen molar-refractivity contribution in [3.63, 3.8) is 0 Å². The Bertz CT molecular complexity index is 510. The fourth-order valence-corrected chi connectivity index (χ4v) is 2.13. The van der Waals surface area contributed by atoms with E-state index in [1.54, 1.807) is 0 Å². The quantitative estimate of drug-likeness (QED) is 0.877. The van der Waals surface area contributed by atoms with Gasteiger partial charge in [0.1, 0.15) is 0 Å². The maximum atomic E-state index is 5.60. The van der Waals surface area contributed by atoms with Gasteiger partial charge in [0.05, 0.1) is 5.52 Å². The van der Waals surface area contributed by atoms with Gasteiger partial charge in [-0.25, -0.2) is 0 Å². The number of benzene rings is 1. The van der Waals surface area contributed by atoms with Crippen LogP contribution in [0.1, 0.15) is 18.9 Å². The smallest absolute Gasteiger partial charge is 0.0702 e. The summed E-state index contributed by atoms with van der Waals surface area (Å²) in [5.74, 6) is 0. The first kappa shape index (κ1) is 13.0. The lowest BCUT2D eigenvalue weighted by Crippen LogP contribution is -2.30. The highest BCUT2D eigenvalue weighted by Crippen LogP contribution is 2.15. The van der Waals surface area contributed by atoms with E-state index in [-0.39, 0.29) is 0 Å². The molecule has 0 saturated heterocycles. The van der Waals surface area contributed by atoms with Crippen LogP contribution in [-0.4, -0.2) is 29.5 Å². The van der Waals surface area contributed by atoms with Gasteiger partial charge in [-0.05, 0) is 50.7 Å². The number of hydrogen-bond acceptors (Lipinski definition) is 3. The van der Waals surface area contributed by atoms with E-state index in [4.69, 9.17) is 5.73 Å². The Morgan fingerprint density at radius 2 is 2.17 bits per heavy atom. The van der Waals surface area contributed by atoms with E-state index in [1.807, 2.05) is 12.3 Å². The molecule has 1 unspecified atom stereocenters. The lowest BCUT2D eigenvalue weighted by molar-refractivity contribution is 0.240. The highest BCUT2D eigenvalue weighted by molar-refractivity contribution is 5.78. The molecule has 0 aliphatic carbocycles. The van der Waals surface area contributed by atoms with E-state index in [0.29, 0.717) is 6.04 Å². The summed E-state index contributed by atoms with van der Waals surface area (Å²) in [7, 11) is 2.15. The van der Waals surface area contributed by atoms with Gasteiger partial charge in [0.2, 0.25) is 0 Å². The standard InChI is InChI=1S/C15H21N3/c1-12(7-8-16)18(2)11-13-5-6-15-14(10-13)4-3-9-17-15/h3-6,9-10,12H,7-8,11,16H2,1-2H3. The SMILES string of the molecule is CC(CCN)N(C)Cc1ccc2ncccc2c1. The molecule has 0 saturated carbocycles. The Balaban J connectivity index is 2.12. The number of pyridine rings is 1. The molecule has 0 aliphatic rings. The number of aromatic nitrogens is 1. The third-order valence-electron chi connectivity index (χ3n) is 3.44. The summed E-state index contributed by atoms with van der Waals surface area (Å²) >= 11 is 0. The molecule has 0 fully saturated rings. The average molecular weight is 243 g/mol. The minimum atomic E-state index is 0.514. The molecule has 2 aromatic rings. The van der Waals surface area contributed by atoms with E-state index in [1.165, 1.54) is 10.9 Å². The number of fused-ring (bicyclic) bond motifs is 1. The second kappa shape index (κ2) is 5.94. The van der Waals surface area contributed by atoms with Crippen molar-refractivity contribution in [2.24, 2.45) is 5.73 Å². The van der Waals surface area contributed by atoms with Crippen LogP contribution in [0.15, 0.2) is 36.5 Å². The van der Waals surface area contributed by atoms with Crippen LogP contribution in [0.2, 0.25) is 0 Å². The van der Waals surface area contributed by atoms with Crippen molar-refractivity contribution in [2.45, 2.75) is 25.9 Å². The molecular weight excluding hydrogens is 222 g/mol. The summed E-state index contributed by atoms with van der Waals surface area (Å²) in [4.78, 5) is 6.67. The first-order valence-corrected chi connectivity index (χ1v) is 6.44. The topological polar surface area (TPSA) is 42.1 Å². The van der Waals surface area contributed by atoms with Gasteiger partial charge in [0.15, 0.2) is 0 Å². The van der Waals surface area contributed by atoms with E-state index in [2.05, 4.69) is 48.1 Å². The van der Waals surface area contributed by atoms with Gasteiger partial charge in [-0.3, -0.25) is 9.88 Å².